The number of carbonyl (C=O) groups is 2. The highest BCUT2D eigenvalue weighted by Gasteiger charge is 2.41. The first-order valence-corrected chi connectivity index (χ1v) is 15.9. The van der Waals surface area contributed by atoms with Crippen molar-refractivity contribution < 1.29 is 28.7 Å². The fraction of sp³-hybridized carbons (Fsp3) is 0.351. The van der Waals surface area contributed by atoms with Gasteiger partial charge in [0.1, 0.15) is 6.61 Å². The third kappa shape index (κ3) is 7.29. The summed E-state index contributed by atoms with van der Waals surface area (Å²) in [4.78, 5) is 40.1. The van der Waals surface area contributed by atoms with Gasteiger partial charge >= 0.3 is 11.9 Å². The maximum absolute atomic E-state index is 13.5. The number of piperidine rings is 1. The first kappa shape index (κ1) is 33.6. The number of nitrogens with one attached hydrogen (secondary N) is 1. The first-order chi connectivity index (χ1) is 22.8. The van der Waals surface area contributed by atoms with E-state index in [1.807, 2.05) is 0 Å². The lowest BCUT2D eigenvalue weighted by Crippen LogP contribution is -2.44. The number of methoxy groups -OCH3 is 1. The van der Waals surface area contributed by atoms with Crippen LogP contribution in [-0.4, -0.2) is 68.3 Å². The highest BCUT2D eigenvalue weighted by atomic mass is 16.6. The minimum Gasteiger partial charge on any atom is -0.466 e. The Morgan fingerprint density at radius 3 is 1.96 bits per heavy atom. The molecule has 0 saturated carbocycles. The van der Waals surface area contributed by atoms with Crippen molar-refractivity contribution in [2.75, 3.05) is 46.6 Å². The van der Waals surface area contributed by atoms with Gasteiger partial charge in [-0.1, -0.05) is 78.9 Å². The summed E-state index contributed by atoms with van der Waals surface area (Å²) >= 11 is 0. The molecule has 2 aliphatic heterocycles. The van der Waals surface area contributed by atoms with Crippen LogP contribution in [0.1, 0.15) is 49.3 Å². The van der Waals surface area contributed by atoms with Crippen LogP contribution in [0.5, 0.6) is 0 Å². The Labute approximate surface area is 275 Å². The van der Waals surface area contributed by atoms with Gasteiger partial charge in [-0.25, -0.2) is 9.59 Å². The lowest BCUT2D eigenvalue weighted by molar-refractivity contribution is -0.385. The molecule has 0 aliphatic carbocycles. The predicted molar refractivity (Wildman–Crippen MR) is 178 cm³/mol. The summed E-state index contributed by atoms with van der Waals surface area (Å²) in [5, 5.41) is 15.0. The Kier molecular flexibility index (Phi) is 10.8. The second-order valence-corrected chi connectivity index (χ2v) is 11.8. The van der Waals surface area contributed by atoms with Gasteiger partial charge in [0, 0.05) is 35.0 Å². The Morgan fingerprint density at radius 2 is 1.38 bits per heavy atom. The van der Waals surface area contributed by atoms with Crippen molar-refractivity contribution in [1.82, 2.24) is 10.2 Å². The van der Waals surface area contributed by atoms with E-state index in [-0.39, 0.29) is 41.0 Å². The summed E-state index contributed by atoms with van der Waals surface area (Å²) in [7, 11) is 1.23. The van der Waals surface area contributed by atoms with Crippen LogP contribution in [0.2, 0.25) is 0 Å². The van der Waals surface area contributed by atoms with Crippen molar-refractivity contribution in [2.24, 2.45) is 0 Å². The zero-order valence-electron chi connectivity index (χ0n) is 27.1. The van der Waals surface area contributed by atoms with Crippen molar-refractivity contribution >= 4 is 17.6 Å². The normalized spacial score (nSPS) is 18.0. The van der Waals surface area contributed by atoms with E-state index in [1.165, 1.54) is 30.4 Å². The SMILES string of the molecule is COC(=O)C1=C(C)NC(C)=C(C(=O)OCCOCCN2CCC(c3ccccc3)(c3ccccc3)CC2)C1c1ccccc1[N+](=O)[O-]. The molecule has 0 spiro atoms. The summed E-state index contributed by atoms with van der Waals surface area (Å²) in [5.41, 5.74) is 3.76. The number of hydrogen-bond donors (Lipinski definition) is 1. The number of hydrogen-bond acceptors (Lipinski definition) is 9. The Morgan fingerprint density at radius 1 is 0.830 bits per heavy atom. The molecule has 1 unspecified atom stereocenters. The Bertz CT molecular complexity index is 1600. The average Bonchev–Trinajstić information content (AvgIpc) is 3.10. The second-order valence-electron chi connectivity index (χ2n) is 11.8. The number of rotatable bonds is 12. The van der Waals surface area contributed by atoms with Crippen LogP contribution in [0.3, 0.4) is 0 Å². The van der Waals surface area contributed by atoms with Crippen LogP contribution in [0, 0.1) is 10.1 Å². The van der Waals surface area contributed by atoms with Crippen LogP contribution in [0.4, 0.5) is 5.69 Å². The molecule has 1 saturated heterocycles. The maximum Gasteiger partial charge on any atom is 0.336 e. The quantitative estimate of drug-likeness (QED) is 0.116. The van der Waals surface area contributed by atoms with Gasteiger partial charge in [0.15, 0.2) is 0 Å². The second kappa shape index (κ2) is 15.2. The number of benzene rings is 3. The molecule has 3 aromatic carbocycles. The zero-order chi connectivity index (χ0) is 33.4. The molecule has 0 bridgehead atoms. The fourth-order valence-corrected chi connectivity index (χ4v) is 6.84. The van der Waals surface area contributed by atoms with E-state index in [9.17, 15) is 19.7 Å². The number of nitro benzene ring substituents is 1. The number of likely N-dealkylation sites (tertiary alicyclic amines) is 1. The van der Waals surface area contributed by atoms with E-state index < -0.39 is 22.8 Å². The number of esters is 2. The Balaban J connectivity index is 1.17. The van der Waals surface area contributed by atoms with Gasteiger partial charge in [-0.3, -0.25) is 10.1 Å². The van der Waals surface area contributed by atoms with Gasteiger partial charge in [0.25, 0.3) is 5.69 Å². The molecule has 1 fully saturated rings. The lowest BCUT2D eigenvalue weighted by Gasteiger charge is -2.43. The van der Waals surface area contributed by atoms with Crippen molar-refractivity contribution in [3.63, 3.8) is 0 Å². The van der Waals surface area contributed by atoms with E-state index in [2.05, 4.69) is 70.9 Å². The number of dihydropyridines is 1. The molecule has 5 rings (SSSR count). The van der Waals surface area contributed by atoms with Gasteiger partial charge < -0.3 is 24.4 Å². The van der Waals surface area contributed by atoms with Crippen molar-refractivity contribution in [1.29, 1.82) is 0 Å². The minimum atomic E-state index is -1.04. The van der Waals surface area contributed by atoms with E-state index in [0.29, 0.717) is 18.0 Å². The van der Waals surface area contributed by atoms with E-state index in [1.54, 1.807) is 26.0 Å². The predicted octanol–water partition coefficient (Wildman–Crippen LogP) is 5.64. The van der Waals surface area contributed by atoms with Crippen molar-refractivity contribution in [3.8, 4) is 0 Å². The highest BCUT2D eigenvalue weighted by Crippen LogP contribution is 2.43. The van der Waals surface area contributed by atoms with Gasteiger partial charge in [0.05, 0.1) is 42.3 Å². The van der Waals surface area contributed by atoms with E-state index in [4.69, 9.17) is 14.2 Å². The monoisotopic (exact) mass is 639 g/mol. The topological polar surface area (TPSA) is 120 Å². The molecular weight excluding hydrogens is 598 g/mol. The number of para-hydroxylation sites is 1. The minimum absolute atomic E-state index is 0.0133. The summed E-state index contributed by atoms with van der Waals surface area (Å²) in [6.45, 7) is 6.63. The van der Waals surface area contributed by atoms with Gasteiger partial charge in [0.2, 0.25) is 0 Å². The van der Waals surface area contributed by atoms with Crippen LogP contribution in [-0.2, 0) is 29.2 Å². The standard InChI is InChI=1S/C37H41N3O7/c1-26-32(35(41)45-3)34(30-16-10-11-17-31(30)40(43)44)33(27(2)38-26)36(42)47-25-24-46-23-22-39-20-18-37(19-21-39,28-12-6-4-7-13-28)29-14-8-5-9-15-29/h4-17,34,38H,18-25H2,1-3H3. The number of carbonyl (C=O) groups excluding carboxylic acids is 2. The van der Waals surface area contributed by atoms with E-state index >= 15 is 0 Å². The average molecular weight is 640 g/mol. The number of nitrogens with zero attached hydrogens (tertiary/aromatic N) is 2. The van der Waals surface area contributed by atoms with Gasteiger partial charge in [-0.2, -0.15) is 0 Å². The fourth-order valence-electron chi connectivity index (χ4n) is 6.84. The maximum atomic E-state index is 13.5. The molecule has 0 aromatic heterocycles. The summed E-state index contributed by atoms with van der Waals surface area (Å²) < 4.78 is 16.5. The zero-order valence-corrected chi connectivity index (χ0v) is 27.1. The molecule has 2 heterocycles. The Hall–Kier alpha value is -4.80. The smallest absolute Gasteiger partial charge is 0.336 e. The molecule has 0 amide bonds. The summed E-state index contributed by atoms with van der Waals surface area (Å²) in [6.07, 6.45) is 2.01. The molecule has 1 N–H and O–H groups in total. The molecule has 10 heteroatoms. The van der Waals surface area contributed by atoms with Crippen molar-refractivity contribution in [2.45, 2.75) is 38.0 Å². The van der Waals surface area contributed by atoms with Crippen LogP contribution >= 0.6 is 0 Å². The number of ether oxygens (including phenoxy) is 3. The molecule has 2 aliphatic rings. The van der Waals surface area contributed by atoms with Gasteiger partial charge in [-0.15, -0.1) is 0 Å². The summed E-state index contributed by atoms with van der Waals surface area (Å²) in [5.74, 6) is -2.43. The lowest BCUT2D eigenvalue weighted by atomic mass is 9.68. The molecule has 10 nitrogen and oxygen atoms in total. The number of allylic oxidation sites excluding steroid dienone is 2. The third-order valence-electron chi connectivity index (χ3n) is 9.21. The molecule has 47 heavy (non-hydrogen) atoms. The first-order valence-electron chi connectivity index (χ1n) is 15.9. The van der Waals surface area contributed by atoms with Crippen LogP contribution < -0.4 is 5.32 Å². The van der Waals surface area contributed by atoms with Crippen molar-refractivity contribution in [3.05, 3.63) is 134 Å². The van der Waals surface area contributed by atoms with Crippen LogP contribution in [0.15, 0.2) is 107 Å². The molecular formula is C37H41N3O7. The van der Waals surface area contributed by atoms with E-state index in [0.717, 1.165) is 32.5 Å². The summed E-state index contributed by atoms with van der Waals surface area (Å²) in [6, 6.07) is 27.5. The molecule has 1 atom stereocenters. The molecule has 246 valence electrons. The van der Waals surface area contributed by atoms with Gasteiger partial charge in [-0.05, 0) is 50.9 Å². The molecule has 0 radical (unpaired) electrons. The third-order valence-corrected chi connectivity index (χ3v) is 9.21. The van der Waals surface area contributed by atoms with Crippen LogP contribution in [0.25, 0.3) is 0 Å². The molecule has 3 aromatic rings. The largest absolute Gasteiger partial charge is 0.466 e. The highest BCUT2D eigenvalue weighted by molar-refractivity contribution is 6.00. The number of nitro groups is 1.